The maximum absolute atomic E-state index is 12.4. The number of benzene rings is 1. The third kappa shape index (κ3) is 4.93. The number of anilines is 1. The molecule has 0 radical (unpaired) electrons. The van der Waals surface area contributed by atoms with Gasteiger partial charge in [0, 0.05) is 23.5 Å². The third-order valence-electron chi connectivity index (χ3n) is 5.43. The molecule has 7 nitrogen and oxygen atoms in total. The lowest BCUT2D eigenvalue weighted by molar-refractivity contribution is -0.116. The van der Waals surface area contributed by atoms with E-state index in [1.807, 2.05) is 47.6 Å². The zero-order valence-electron chi connectivity index (χ0n) is 16.6. The number of fused-ring (bicyclic) bond motifs is 1. The number of aryl methyl sites for hydroxylation is 1. The number of carbonyl (C=O) groups excluding carboxylic acids is 2. The number of unbranched alkanes of at least 4 members (excludes halogenated alkanes) is 1. The SMILES string of the molecule is Cc1cc(NC(=O)CCCC[C@@H]2SC[C@@H]3NC(=O)N[C@@H]32)n(Cc2ccccc2)n1. The number of hydrogen-bond donors (Lipinski definition) is 3. The standard InChI is InChI=1S/C21H27N5O2S/c1-14-11-18(26(25-14)12-15-7-3-2-4-8-15)23-19(27)10-6-5-9-17-20-16(13-29-17)22-21(28)24-20/h2-4,7-8,11,16-17,20H,5-6,9-10,12-13H2,1H3,(H,23,27)(H2,22,24,28)/t16-,17-,20-/m0/s1. The highest BCUT2D eigenvalue weighted by Gasteiger charge is 2.42. The van der Waals surface area contributed by atoms with Gasteiger partial charge in [-0.15, -0.1) is 0 Å². The van der Waals surface area contributed by atoms with Gasteiger partial charge >= 0.3 is 6.03 Å². The Hall–Kier alpha value is -2.48. The van der Waals surface area contributed by atoms with E-state index in [-0.39, 0.29) is 24.0 Å². The minimum absolute atomic E-state index is 0.0204. The molecule has 4 rings (SSSR count). The van der Waals surface area contributed by atoms with Crippen LogP contribution in [-0.2, 0) is 11.3 Å². The predicted molar refractivity (Wildman–Crippen MR) is 115 cm³/mol. The van der Waals surface area contributed by atoms with E-state index in [4.69, 9.17) is 0 Å². The number of aromatic nitrogens is 2. The van der Waals surface area contributed by atoms with Gasteiger partial charge in [0.2, 0.25) is 5.91 Å². The van der Waals surface area contributed by atoms with Crippen LogP contribution in [0.15, 0.2) is 36.4 Å². The van der Waals surface area contributed by atoms with Crippen molar-refractivity contribution in [2.45, 2.75) is 56.5 Å². The van der Waals surface area contributed by atoms with E-state index >= 15 is 0 Å². The molecule has 3 amide bonds. The summed E-state index contributed by atoms with van der Waals surface area (Å²) >= 11 is 1.91. The molecule has 2 saturated heterocycles. The van der Waals surface area contributed by atoms with Crippen molar-refractivity contribution in [3.63, 3.8) is 0 Å². The molecule has 0 bridgehead atoms. The summed E-state index contributed by atoms with van der Waals surface area (Å²) in [5.74, 6) is 1.73. The number of hydrogen-bond acceptors (Lipinski definition) is 4. The van der Waals surface area contributed by atoms with Crippen molar-refractivity contribution in [2.75, 3.05) is 11.1 Å². The summed E-state index contributed by atoms with van der Waals surface area (Å²) < 4.78 is 1.84. The van der Waals surface area contributed by atoms with Crippen LogP contribution >= 0.6 is 11.8 Å². The van der Waals surface area contributed by atoms with E-state index in [0.717, 1.165) is 42.1 Å². The molecule has 0 spiro atoms. The van der Waals surface area contributed by atoms with Crippen LogP contribution in [0.2, 0.25) is 0 Å². The zero-order chi connectivity index (χ0) is 20.2. The Morgan fingerprint density at radius 1 is 1.28 bits per heavy atom. The lowest BCUT2D eigenvalue weighted by atomic mass is 10.0. The molecule has 1 aromatic carbocycles. The Kier molecular flexibility index (Phi) is 6.08. The van der Waals surface area contributed by atoms with Crippen molar-refractivity contribution in [2.24, 2.45) is 0 Å². The van der Waals surface area contributed by atoms with Crippen molar-refractivity contribution in [3.8, 4) is 0 Å². The summed E-state index contributed by atoms with van der Waals surface area (Å²) in [6.45, 7) is 2.56. The Morgan fingerprint density at radius 3 is 2.93 bits per heavy atom. The van der Waals surface area contributed by atoms with E-state index in [1.54, 1.807) is 0 Å². The summed E-state index contributed by atoms with van der Waals surface area (Å²) in [4.78, 5) is 23.9. The molecule has 0 aliphatic carbocycles. The summed E-state index contributed by atoms with van der Waals surface area (Å²) in [6, 6.07) is 12.4. The lowest BCUT2D eigenvalue weighted by Gasteiger charge is -2.16. The van der Waals surface area contributed by atoms with Crippen LogP contribution in [0.25, 0.3) is 0 Å². The van der Waals surface area contributed by atoms with Gasteiger partial charge in [-0.05, 0) is 25.3 Å². The number of nitrogens with one attached hydrogen (secondary N) is 3. The van der Waals surface area contributed by atoms with Gasteiger partial charge in [0.25, 0.3) is 0 Å². The first-order valence-electron chi connectivity index (χ1n) is 10.2. The second kappa shape index (κ2) is 8.90. The maximum Gasteiger partial charge on any atom is 0.315 e. The molecule has 29 heavy (non-hydrogen) atoms. The van der Waals surface area contributed by atoms with Gasteiger partial charge in [0.1, 0.15) is 5.82 Å². The number of thioether (sulfide) groups is 1. The highest BCUT2D eigenvalue weighted by molar-refractivity contribution is 8.00. The normalized spacial score (nSPS) is 22.8. The lowest BCUT2D eigenvalue weighted by Crippen LogP contribution is -2.36. The highest BCUT2D eigenvalue weighted by atomic mass is 32.2. The second-order valence-electron chi connectivity index (χ2n) is 7.73. The van der Waals surface area contributed by atoms with Crippen molar-refractivity contribution in [3.05, 3.63) is 47.7 Å². The second-order valence-corrected chi connectivity index (χ2v) is 9.00. The molecule has 1 aromatic heterocycles. The smallest absolute Gasteiger partial charge is 0.315 e. The largest absolute Gasteiger partial charge is 0.332 e. The number of carbonyl (C=O) groups is 2. The Labute approximate surface area is 175 Å². The minimum Gasteiger partial charge on any atom is -0.332 e. The number of rotatable bonds is 8. The fraction of sp³-hybridized carbons (Fsp3) is 0.476. The minimum atomic E-state index is -0.0490. The number of urea groups is 1. The molecule has 3 N–H and O–H groups in total. The molecule has 0 saturated carbocycles. The summed E-state index contributed by atoms with van der Waals surface area (Å²) in [5.41, 5.74) is 2.03. The monoisotopic (exact) mass is 413 g/mol. The first-order chi connectivity index (χ1) is 14.1. The van der Waals surface area contributed by atoms with Gasteiger partial charge in [0.15, 0.2) is 0 Å². The molecule has 2 aliphatic rings. The summed E-state index contributed by atoms with van der Waals surface area (Å²) in [7, 11) is 0. The molecule has 0 unspecified atom stereocenters. The summed E-state index contributed by atoms with van der Waals surface area (Å²) in [5, 5.41) is 13.9. The fourth-order valence-electron chi connectivity index (χ4n) is 4.00. The number of amides is 3. The molecule has 154 valence electrons. The van der Waals surface area contributed by atoms with Crippen LogP contribution in [-0.4, -0.2) is 44.8 Å². The summed E-state index contributed by atoms with van der Waals surface area (Å²) in [6.07, 6.45) is 3.33. The number of nitrogens with zero attached hydrogens (tertiary/aromatic N) is 2. The molecular formula is C21H27N5O2S. The molecule has 2 aromatic rings. The highest BCUT2D eigenvalue weighted by Crippen LogP contribution is 2.33. The van der Waals surface area contributed by atoms with Gasteiger partial charge in [-0.3, -0.25) is 4.79 Å². The molecule has 3 atom stereocenters. The van der Waals surface area contributed by atoms with E-state index < -0.39 is 0 Å². The average molecular weight is 414 g/mol. The van der Waals surface area contributed by atoms with Crippen LogP contribution in [0.1, 0.15) is 36.9 Å². The van der Waals surface area contributed by atoms with Gasteiger partial charge in [-0.25, -0.2) is 9.48 Å². The van der Waals surface area contributed by atoms with Gasteiger partial charge in [-0.1, -0.05) is 36.8 Å². The molecular weight excluding hydrogens is 386 g/mol. The van der Waals surface area contributed by atoms with Gasteiger partial charge < -0.3 is 16.0 Å². The Balaban J connectivity index is 1.23. The topological polar surface area (TPSA) is 88.0 Å². The first-order valence-corrected chi connectivity index (χ1v) is 11.2. The van der Waals surface area contributed by atoms with Gasteiger partial charge in [0.05, 0.1) is 24.3 Å². The quantitative estimate of drug-likeness (QED) is 0.459. The maximum atomic E-state index is 12.4. The Morgan fingerprint density at radius 2 is 2.10 bits per heavy atom. The van der Waals surface area contributed by atoms with Crippen LogP contribution < -0.4 is 16.0 Å². The predicted octanol–water partition coefficient (Wildman–Crippen LogP) is 2.90. The fourth-order valence-corrected chi connectivity index (χ4v) is 5.55. The molecule has 3 heterocycles. The van der Waals surface area contributed by atoms with Crippen molar-refractivity contribution < 1.29 is 9.59 Å². The van der Waals surface area contributed by atoms with Crippen molar-refractivity contribution in [1.29, 1.82) is 0 Å². The van der Waals surface area contributed by atoms with Gasteiger partial charge in [-0.2, -0.15) is 16.9 Å². The van der Waals surface area contributed by atoms with Crippen LogP contribution in [0.5, 0.6) is 0 Å². The first kappa shape index (κ1) is 19.8. The van der Waals surface area contributed by atoms with E-state index in [0.29, 0.717) is 18.2 Å². The van der Waals surface area contributed by atoms with E-state index in [1.165, 1.54) is 0 Å². The third-order valence-corrected chi connectivity index (χ3v) is 6.93. The zero-order valence-corrected chi connectivity index (χ0v) is 17.4. The molecule has 8 heteroatoms. The van der Waals surface area contributed by atoms with Crippen molar-refractivity contribution in [1.82, 2.24) is 20.4 Å². The van der Waals surface area contributed by atoms with Crippen molar-refractivity contribution >= 4 is 29.5 Å². The van der Waals surface area contributed by atoms with E-state index in [9.17, 15) is 9.59 Å². The van der Waals surface area contributed by atoms with Crippen LogP contribution in [0, 0.1) is 6.92 Å². The molecule has 2 fully saturated rings. The molecule has 2 aliphatic heterocycles. The van der Waals surface area contributed by atoms with Crippen LogP contribution in [0.4, 0.5) is 10.6 Å². The van der Waals surface area contributed by atoms with Crippen LogP contribution in [0.3, 0.4) is 0 Å². The average Bonchev–Trinajstić information content (AvgIpc) is 3.34. The Bertz CT molecular complexity index is 869. The van der Waals surface area contributed by atoms with E-state index in [2.05, 4.69) is 33.2 Å².